The van der Waals surface area contributed by atoms with Gasteiger partial charge in [0, 0.05) is 49.9 Å². The molecular weight excluding hydrogens is 621 g/mol. The summed E-state index contributed by atoms with van der Waals surface area (Å²) in [5, 5.41) is 7.30. The first-order valence-electron chi connectivity index (χ1n) is 17.4. The van der Waals surface area contributed by atoms with Crippen LogP contribution in [0.2, 0.25) is 0 Å². The molecule has 11 rings (SSSR count). The number of aromatic nitrogens is 4. The highest BCUT2D eigenvalue weighted by molar-refractivity contribution is 6.31. The van der Waals surface area contributed by atoms with Gasteiger partial charge in [0.2, 0.25) is 0 Å². The number of para-hydroxylation sites is 3. The van der Waals surface area contributed by atoms with Crippen molar-refractivity contribution in [2.24, 2.45) is 0 Å². The number of hydrogen-bond donors (Lipinski definition) is 0. The van der Waals surface area contributed by atoms with Crippen LogP contribution >= 0.6 is 0 Å². The van der Waals surface area contributed by atoms with Gasteiger partial charge in [-0.3, -0.25) is 4.57 Å². The fraction of sp³-hybridized carbons (Fsp3) is 0. The molecule has 238 valence electrons. The van der Waals surface area contributed by atoms with Gasteiger partial charge in [0.15, 0.2) is 0 Å². The van der Waals surface area contributed by atoms with E-state index in [4.69, 9.17) is 4.98 Å². The number of rotatable bonds is 4. The van der Waals surface area contributed by atoms with Crippen molar-refractivity contribution in [1.29, 1.82) is 0 Å². The Kier molecular flexibility index (Phi) is 5.92. The van der Waals surface area contributed by atoms with E-state index in [0.29, 0.717) is 0 Å². The lowest BCUT2D eigenvalue weighted by Crippen LogP contribution is -1.98. The molecule has 0 aliphatic carbocycles. The molecule has 4 heterocycles. The maximum atomic E-state index is 5.02. The van der Waals surface area contributed by atoms with E-state index in [1.807, 2.05) is 12.3 Å². The maximum Gasteiger partial charge on any atom is 0.137 e. The molecule has 4 aromatic heterocycles. The van der Waals surface area contributed by atoms with Gasteiger partial charge in [0.25, 0.3) is 0 Å². The van der Waals surface area contributed by atoms with E-state index in [0.717, 1.165) is 22.7 Å². The largest absolute Gasteiger partial charge is 0.309 e. The highest BCUT2D eigenvalue weighted by atomic mass is 15.1. The van der Waals surface area contributed by atoms with Crippen molar-refractivity contribution in [3.05, 3.63) is 182 Å². The molecule has 0 radical (unpaired) electrons. The number of hydrogen-bond acceptors (Lipinski definition) is 1. The maximum absolute atomic E-state index is 5.02. The average molecular weight is 651 g/mol. The fourth-order valence-corrected chi connectivity index (χ4v) is 8.40. The Morgan fingerprint density at radius 3 is 1.49 bits per heavy atom. The number of fused-ring (bicyclic) bond motifs is 11. The molecule has 4 nitrogen and oxygen atoms in total. The third kappa shape index (κ3) is 3.99. The van der Waals surface area contributed by atoms with Crippen LogP contribution in [0.3, 0.4) is 0 Å². The van der Waals surface area contributed by atoms with Crippen LogP contribution in [0.1, 0.15) is 0 Å². The van der Waals surface area contributed by atoms with Gasteiger partial charge >= 0.3 is 0 Å². The molecule has 4 heteroatoms. The zero-order valence-electron chi connectivity index (χ0n) is 27.6. The molecule has 0 saturated carbocycles. The standard InChI is InChI=1S/C47H30N4/c1-3-14-31(15-4-1)32-16-13-19-34(30-32)50-40-23-10-8-21-38(40)45-42(50)28-26-36-35-25-27-41-44(46(35)51(47(36)45)43-24-11-12-29-48-43)37-20-7-9-22-39(37)49(41)33-17-5-2-6-18-33/h1-30H. The molecule has 0 fully saturated rings. The second-order valence-electron chi connectivity index (χ2n) is 13.2. The van der Waals surface area contributed by atoms with Gasteiger partial charge in [-0.2, -0.15) is 0 Å². The zero-order valence-corrected chi connectivity index (χ0v) is 27.6. The minimum absolute atomic E-state index is 0.900. The second-order valence-corrected chi connectivity index (χ2v) is 13.2. The summed E-state index contributed by atoms with van der Waals surface area (Å²) in [4.78, 5) is 5.02. The molecule has 7 aromatic carbocycles. The van der Waals surface area contributed by atoms with Crippen molar-refractivity contribution in [3.8, 4) is 28.3 Å². The van der Waals surface area contributed by atoms with Gasteiger partial charge in [-0.25, -0.2) is 4.98 Å². The van der Waals surface area contributed by atoms with E-state index in [1.165, 1.54) is 71.0 Å². The lowest BCUT2D eigenvalue weighted by molar-refractivity contribution is 1.09. The molecule has 0 saturated heterocycles. The first kappa shape index (κ1) is 28.0. The van der Waals surface area contributed by atoms with Crippen LogP contribution in [0.25, 0.3) is 93.7 Å². The summed E-state index contributed by atoms with van der Waals surface area (Å²) in [5.41, 5.74) is 11.7. The van der Waals surface area contributed by atoms with E-state index >= 15 is 0 Å². The van der Waals surface area contributed by atoms with Gasteiger partial charge < -0.3 is 9.13 Å². The van der Waals surface area contributed by atoms with Crippen LogP contribution in [0.5, 0.6) is 0 Å². The summed E-state index contributed by atoms with van der Waals surface area (Å²) in [6.45, 7) is 0. The molecule has 0 N–H and O–H groups in total. The van der Waals surface area contributed by atoms with Crippen molar-refractivity contribution in [1.82, 2.24) is 18.7 Å². The highest BCUT2D eigenvalue weighted by Gasteiger charge is 2.24. The molecule has 0 amide bonds. The first-order chi connectivity index (χ1) is 25.3. The van der Waals surface area contributed by atoms with Gasteiger partial charge in [0.05, 0.1) is 33.1 Å². The Labute approximate surface area is 293 Å². The summed E-state index contributed by atoms with van der Waals surface area (Å²) in [7, 11) is 0. The van der Waals surface area contributed by atoms with E-state index in [2.05, 4.69) is 184 Å². The summed E-state index contributed by atoms with van der Waals surface area (Å²) in [6, 6.07) is 63.3. The Morgan fingerprint density at radius 2 is 0.863 bits per heavy atom. The quantitative estimate of drug-likeness (QED) is 0.186. The van der Waals surface area contributed by atoms with Crippen LogP contribution in [0.4, 0.5) is 0 Å². The molecule has 0 atom stereocenters. The van der Waals surface area contributed by atoms with Crippen molar-refractivity contribution in [3.63, 3.8) is 0 Å². The van der Waals surface area contributed by atoms with E-state index in [1.54, 1.807) is 0 Å². The topological polar surface area (TPSA) is 27.7 Å². The lowest BCUT2D eigenvalue weighted by Gasteiger charge is -2.11. The average Bonchev–Trinajstić information content (AvgIpc) is 3.84. The molecule has 0 bridgehead atoms. The second kappa shape index (κ2) is 10.8. The molecule has 0 spiro atoms. The van der Waals surface area contributed by atoms with E-state index in [9.17, 15) is 0 Å². The lowest BCUT2D eigenvalue weighted by atomic mass is 10.1. The summed E-state index contributed by atoms with van der Waals surface area (Å²) < 4.78 is 7.24. The highest BCUT2D eigenvalue weighted by Crippen LogP contribution is 2.46. The van der Waals surface area contributed by atoms with Gasteiger partial charge in [-0.1, -0.05) is 115 Å². The summed E-state index contributed by atoms with van der Waals surface area (Å²) in [5.74, 6) is 0.900. The third-order valence-electron chi connectivity index (χ3n) is 10.5. The summed E-state index contributed by atoms with van der Waals surface area (Å²) in [6.07, 6.45) is 1.90. The number of pyridine rings is 1. The smallest absolute Gasteiger partial charge is 0.137 e. The van der Waals surface area contributed by atoms with Crippen molar-refractivity contribution in [2.45, 2.75) is 0 Å². The van der Waals surface area contributed by atoms with Crippen molar-refractivity contribution >= 4 is 65.4 Å². The minimum Gasteiger partial charge on any atom is -0.309 e. The van der Waals surface area contributed by atoms with Crippen molar-refractivity contribution < 1.29 is 0 Å². The number of nitrogens with zero attached hydrogens (tertiary/aromatic N) is 4. The predicted molar refractivity (Wildman–Crippen MR) is 213 cm³/mol. The SMILES string of the molecule is c1ccc(-c2cccc(-n3c4ccccc4c4c3ccc3c5ccc6c(c7ccccc7n6-c6ccccc6)c5n(-c5ccccn5)c34)c2)cc1. The Morgan fingerprint density at radius 1 is 0.333 bits per heavy atom. The molecule has 0 unspecified atom stereocenters. The molecule has 0 aliphatic rings. The van der Waals surface area contributed by atoms with Crippen LogP contribution in [0.15, 0.2) is 182 Å². The van der Waals surface area contributed by atoms with Crippen LogP contribution < -0.4 is 0 Å². The Balaban J connectivity index is 1.33. The summed E-state index contributed by atoms with van der Waals surface area (Å²) >= 11 is 0. The van der Waals surface area contributed by atoms with Crippen LogP contribution in [0, 0.1) is 0 Å². The van der Waals surface area contributed by atoms with Gasteiger partial charge in [-0.05, 0) is 71.8 Å². The van der Waals surface area contributed by atoms with Gasteiger partial charge in [-0.15, -0.1) is 0 Å². The van der Waals surface area contributed by atoms with E-state index in [-0.39, 0.29) is 0 Å². The Bertz CT molecular complexity index is 3110. The van der Waals surface area contributed by atoms with E-state index < -0.39 is 0 Å². The number of benzene rings is 7. The predicted octanol–water partition coefficient (Wildman–Crippen LogP) is 12.0. The molecule has 0 aliphatic heterocycles. The normalized spacial score (nSPS) is 11.9. The first-order valence-corrected chi connectivity index (χ1v) is 17.4. The van der Waals surface area contributed by atoms with Crippen LogP contribution in [-0.2, 0) is 0 Å². The fourth-order valence-electron chi connectivity index (χ4n) is 8.40. The third-order valence-corrected chi connectivity index (χ3v) is 10.5. The van der Waals surface area contributed by atoms with Crippen molar-refractivity contribution in [2.75, 3.05) is 0 Å². The Hall–Kier alpha value is -6.91. The van der Waals surface area contributed by atoms with Gasteiger partial charge in [0.1, 0.15) is 5.82 Å². The monoisotopic (exact) mass is 650 g/mol. The zero-order chi connectivity index (χ0) is 33.5. The molecule has 51 heavy (non-hydrogen) atoms. The minimum atomic E-state index is 0.900. The molecule has 11 aromatic rings. The van der Waals surface area contributed by atoms with Crippen LogP contribution in [-0.4, -0.2) is 18.7 Å². The molecular formula is C47H30N4.